The predicted molar refractivity (Wildman–Crippen MR) is 267 cm³/mol. The van der Waals surface area contributed by atoms with E-state index in [1.165, 1.54) is 73.3 Å². The van der Waals surface area contributed by atoms with Crippen molar-refractivity contribution in [2.24, 2.45) is 0 Å². The van der Waals surface area contributed by atoms with Crippen LogP contribution >= 0.6 is 22.7 Å². The average Bonchev–Trinajstić information content (AvgIpc) is 4.02. The first kappa shape index (κ1) is 35.9. The molecular weight excluding hydrogens is 805 g/mol. The van der Waals surface area contributed by atoms with Crippen LogP contribution in [0.5, 0.6) is 0 Å². The van der Waals surface area contributed by atoms with Crippen LogP contribution in [0.25, 0.3) is 124 Å². The van der Waals surface area contributed by atoms with E-state index in [0.717, 1.165) is 33.5 Å². The molecule has 0 spiro atoms. The number of rotatable bonds is 6. The molecule has 0 aliphatic rings. The van der Waals surface area contributed by atoms with E-state index >= 15 is 0 Å². The summed E-state index contributed by atoms with van der Waals surface area (Å²) in [5, 5.41) is 7.85. The van der Waals surface area contributed by atoms with Crippen LogP contribution in [0.1, 0.15) is 0 Å². The molecule has 0 bridgehead atoms. The highest BCUT2D eigenvalue weighted by Crippen LogP contribution is 2.43. The van der Waals surface area contributed by atoms with E-state index < -0.39 is 0 Å². The zero-order valence-corrected chi connectivity index (χ0v) is 35.4. The van der Waals surface area contributed by atoms with Gasteiger partial charge in [-0.15, -0.1) is 22.7 Å². The van der Waals surface area contributed by atoms with Gasteiger partial charge >= 0.3 is 0 Å². The first-order valence-corrected chi connectivity index (χ1v) is 22.7. The fraction of sp³-hybridized carbons (Fsp3) is 0. The van der Waals surface area contributed by atoms with Crippen molar-refractivity contribution in [3.05, 3.63) is 206 Å². The largest absolute Gasteiger partial charge is 0.309 e. The van der Waals surface area contributed by atoms with E-state index in [9.17, 15) is 0 Å². The standard InChI is InChI=1S/C57H34N4S2/c1-3-11-37(12-4-1)55-58-56(38-13-5-2-6-14-38)60-57(59-55)39-21-19-35(20-22-39)36-23-27-42(28-24-36)61-49-17-9-7-15-43(49)45-31-40(25-29-50(45)61)41-26-30-52-46(32-41)48-34-53-47(33-54(48)63-52)44-16-8-10-18-51(44)62-53/h1-34H. The van der Waals surface area contributed by atoms with E-state index in [4.69, 9.17) is 15.0 Å². The number of fused-ring (bicyclic) bond motifs is 9. The smallest absolute Gasteiger partial charge is 0.164 e. The van der Waals surface area contributed by atoms with Gasteiger partial charge < -0.3 is 4.57 Å². The number of nitrogens with zero attached hydrogens (tertiary/aromatic N) is 4. The number of aromatic nitrogens is 4. The molecule has 0 aliphatic carbocycles. The minimum Gasteiger partial charge on any atom is -0.309 e. The van der Waals surface area contributed by atoms with Crippen LogP contribution < -0.4 is 0 Å². The first-order chi connectivity index (χ1) is 31.2. The summed E-state index contributed by atoms with van der Waals surface area (Å²) >= 11 is 3.78. The number of benzene rings is 9. The number of para-hydroxylation sites is 1. The molecule has 6 heteroatoms. The van der Waals surface area contributed by atoms with Gasteiger partial charge in [0.05, 0.1) is 11.0 Å². The fourth-order valence-corrected chi connectivity index (χ4v) is 11.4. The lowest BCUT2D eigenvalue weighted by molar-refractivity contribution is 1.07. The minimum absolute atomic E-state index is 0.647. The Bertz CT molecular complexity index is 3830. The summed E-state index contributed by atoms with van der Waals surface area (Å²) in [4.78, 5) is 14.7. The van der Waals surface area contributed by atoms with Gasteiger partial charge in [-0.25, -0.2) is 15.0 Å². The van der Waals surface area contributed by atoms with E-state index in [2.05, 4.69) is 150 Å². The average molecular weight is 839 g/mol. The van der Waals surface area contributed by atoms with Gasteiger partial charge in [-0.2, -0.15) is 0 Å². The van der Waals surface area contributed by atoms with Crippen LogP contribution in [0.2, 0.25) is 0 Å². The van der Waals surface area contributed by atoms with Gasteiger partial charge in [0.1, 0.15) is 0 Å². The highest BCUT2D eigenvalue weighted by molar-refractivity contribution is 7.27. The Kier molecular flexibility index (Phi) is 8.22. The van der Waals surface area contributed by atoms with Gasteiger partial charge in [-0.1, -0.05) is 146 Å². The molecule has 13 rings (SSSR count). The van der Waals surface area contributed by atoms with Gasteiger partial charge in [0.2, 0.25) is 0 Å². The van der Waals surface area contributed by atoms with Crippen LogP contribution in [0, 0.1) is 0 Å². The van der Waals surface area contributed by atoms with Crippen molar-refractivity contribution in [2.75, 3.05) is 0 Å². The Labute approximate surface area is 370 Å². The van der Waals surface area contributed by atoms with E-state index in [1.807, 2.05) is 83.3 Å². The van der Waals surface area contributed by atoms with Crippen LogP contribution in [0.4, 0.5) is 0 Å². The summed E-state index contributed by atoms with van der Waals surface area (Å²) in [7, 11) is 0. The maximum absolute atomic E-state index is 4.93. The lowest BCUT2D eigenvalue weighted by atomic mass is 10.0. The summed E-state index contributed by atoms with van der Waals surface area (Å²) in [6.45, 7) is 0. The molecule has 0 saturated carbocycles. The molecule has 0 amide bonds. The summed E-state index contributed by atoms with van der Waals surface area (Å²) in [5.41, 5.74) is 11.1. The first-order valence-electron chi connectivity index (χ1n) is 21.1. The highest BCUT2D eigenvalue weighted by atomic mass is 32.1. The van der Waals surface area contributed by atoms with Gasteiger partial charge in [0.15, 0.2) is 17.5 Å². The Morgan fingerprint density at radius 3 is 1.35 bits per heavy atom. The van der Waals surface area contributed by atoms with Crippen LogP contribution in [-0.4, -0.2) is 19.5 Å². The molecule has 0 radical (unpaired) electrons. The highest BCUT2D eigenvalue weighted by Gasteiger charge is 2.17. The van der Waals surface area contributed by atoms with Crippen molar-refractivity contribution in [2.45, 2.75) is 0 Å². The van der Waals surface area contributed by atoms with Crippen molar-refractivity contribution in [3.63, 3.8) is 0 Å². The second-order valence-corrected chi connectivity index (χ2v) is 18.2. The lowest BCUT2D eigenvalue weighted by Gasteiger charge is -2.11. The molecule has 0 N–H and O–H groups in total. The molecular formula is C57H34N4S2. The number of hydrogen-bond acceptors (Lipinski definition) is 5. The molecule has 9 aromatic carbocycles. The molecule has 0 saturated heterocycles. The SMILES string of the molecule is c1ccc(-c2nc(-c3ccccc3)nc(-c3ccc(-c4ccc(-n5c6ccccc6c6cc(-c7ccc8sc9cc%10c(cc9c8c7)sc7ccccc7%10)ccc65)cc4)cc3)n2)cc1. The van der Waals surface area contributed by atoms with Crippen molar-refractivity contribution in [1.82, 2.24) is 19.5 Å². The third-order valence-corrected chi connectivity index (χ3v) is 14.5. The van der Waals surface area contributed by atoms with Crippen molar-refractivity contribution in [3.8, 4) is 62.1 Å². The molecule has 63 heavy (non-hydrogen) atoms. The van der Waals surface area contributed by atoms with E-state index in [1.54, 1.807) is 0 Å². The van der Waals surface area contributed by atoms with Crippen LogP contribution in [0.15, 0.2) is 206 Å². The Hall–Kier alpha value is -7.77. The van der Waals surface area contributed by atoms with Gasteiger partial charge in [-0.05, 0) is 82.9 Å². The zero-order valence-electron chi connectivity index (χ0n) is 33.7. The van der Waals surface area contributed by atoms with Crippen molar-refractivity contribution >= 4 is 84.8 Å². The van der Waals surface area contributed by atoms with Crippen LogP contribution in [0.3, 0.4) is 0 Å². The van der Waals surface area contributed by atoms with E-state index in [0.29, 0.717) is 17.5 Å². The molecule has 13 aromatic rings. The molecule has 4 heterocycles. The van der Waals surface area contributed by atoms with Crippen molar-refractivity contribution < 1.29 is 0 Å². The quantitative estimate of drug-likeness (QED) is 0.168. The fourth-order valence-electron chi connectivity index (χ4n) is 9.16. The molecule has 0 unspecified atom stereocenters. The lowest BCUT2D eigenvalue weighted by Crippen LogP contribution is -2.00. The topological polar surface area (TPSA) is 43.6 Å². The molecule has 294 valence electrons. The number of hydrogen-bond donors (Lipinski definition) is 0. The monoisotopic (exact) mass is 838 g/mol. The van der Waals surface area contributed by atoms with Gasteiger partial charge in [-0.3, -0.25) is 0 Å². The minimum atomic E-state index is 0.647. The van der Waals surface area contributed by atoms with Crippen LogP contribution in [-0.2, 0) is 0 Å². The normalized spacial score (nSPS) is 11.8. The molecule has 0 atom stereocenters. The van der Waals surface area contributed by atoms with E-state index in [-0.39, 0.29) is 0 Å². The zero-order chi connectivity index (χ0) is 41.4. The third-order valence-electron chi connectivity index (χ3n) is 12.3. The summed E-state index contributed by atoms with van der Waals surface area (Å²) in [5.74, 6) is 1.96. The Morgan fingerprint density at radius 1 is 0.270 bits per heavy atom. The van der Waals surface area contributed by atoms with Gasteiger partial charge in [0, 0.05) is 73.5 Å². The second kappa shape index (κ2) is 14.4. The summed E-state index contributed by atoms with van der Waals surface area (Å²) in [6, 6.07) is 73.9. The Morgan fingerprint density at radius 2 is 0.698 bits per heavy atom. The second-order valence-electron chi connectivity index (χ2n) is 16.0. The molecule has 4 aromatic heterocycles. The van der Waals surface area contributed by atoms with Gasteiger partial charge in [0.25, 0.3) is 0 Å². The summed E-state index contributed by atoms with van der Waals surface area (Å²) in [6.07, 6.45) is 0. The molecule has 0 aliphatic heterocycles. The van der Waals surface area contributed by atoms with Crippen molar-refractivity contribution in [1.29, 1.82) is 0 Å². The Balaban J connectivity index is 0.835. The summed E-state index contributed by atoms with van der Waals surface area (Å²) < 4.78 is 7.75. The molecule has 4 nitrogen and oxygen atoms in total. The predicted octanol–water partition coefficient (Wildman–Crippen LogP) is 16.0. The third kappa shape index (κ3) is 6.06. The maximum Gasteiger partial charge on any atom is 0.164 e. The molecule has 0 fully saturated rings. The maximum atomic E-state index is 4.93. The number of thiophene rings is 2.